The molecule has 9 aromatic rings. The fraction of sp³-hybridized carbons (Fsp3) is 0.303. The van der Waals surface area contributed by atoms with Gasteiger partial charge in [-0.1, -0.05) is 115 Å². The Bertz CT molecular complexity index is 3560. The molecule has 0 unspecified atom stereocenters. The Hall–Kier alpha value is -6.74. The van der Waals surface area contributed by atoms with Crippen LogP contribution in [0.15, 0.2) is 158 Å². The molecule has 2 heterocycles. The molecular formula is C66H56N4S. The molecule has 0 aliphatic heterocycles. The van der Waals surface area contributed by atoms with Crippen LogP contribution in [0.3, 0.4) is 0 Å². The summed E-state index contributed by atoms with van der Waals surface area (Å²) in [6.07, 6.45) is 17.0. The average molecular weight is 937 g/mol. The first-order chi connectivity index (χ1) is 34.9. The molecule has 8 aliphatic carbocycles. The van der Waals surface area contributed by atoms with Gasteiger partial charge in [0.15, 0.2) is 17.5 Å². The first kappa shape index (κ1) is 42.0. The van der Waals surface area contributed by atoms with Gasteiger partial charge in [0.25, 0.3) is 0 Å². The normalized spacial score (nSPS) is 26.9. The van der Waals surface area contributed by atoms with Gasteiger partial charge in [-0.05, 0) is 210 Å². The van der Waals surface area contributed by atoms with Crippen LogP contribution in [0.1, 0.15) is 93.7 Å². The molecule has 17 rings (SSSR count). The second kappa shape index (κ2) is 16.1. The molecule has 5 heteroatoms. The minimum absolute atomic E-state index is 0.356. The van der Waals surface area contributed by atoms with Crippen LogP contribution in [0, 0.1) is 46.8 Å². The lowest BCUT2D eigenvalue weighted by molar-refractivity contribution is -0.00530. The summed E-state index contributed by atoms with van der Waals surface area (Å²) >= 11 is 1.77. The summed E-state index contributed by atoms with van der Waals surface area (Å²) in [5.74, 6) is 7.49. The molecule has 0 atom stereocenters. The van der Waals surface area contributed by atoms with Crippen LogP contribution in [0.4, 0.5) is 0 Å². The minimum atomic E-state index is 0.356. The van der Waals surface area contributed by atoms with Gasteiger partial charge in [0.05, 0.1) is 11.6 Å². The third-order valence-corrected chi connectivity index (χ3v) is 19.8. The summed E-state index contributed by atoms with van der Waals surface area (Å²) < 4.78 is 2.40. The Morgan fingerprint density at radius 2 is 0.803 bits per heavy atom. The van der Waals surface area contributed by atoms with Crippen LogP contribution >= 0.6 is 11.3 Å². The maximum absolute atomic E-state index is 9.71. The summed E-state index contributed by atoms with van der Waals surface area (Å²) in [5.41, 5.74) is 14.3. The number of benzene rings is 7. The fourth-order valence-electron chi connectivity index (χ4n) is 16.3. The van der Waals surface area contributed by atoms with Crippen molar-refractivity contribution in [3.05, 3.63) is 174 Å². The van der Waals surface area contributed by atoms with E-state index in [9.17, 15) is 5.26 Å². The van der Waals surface area contributed by atoms with Gasteiger partial charge in [0.1, 0.15) is 0 Å². The van der Waals surface area contributed by atoms with Crippen LogP contribution in [0.2, 0.25) is 0 Å². The summed E-state index contributed by atoms with van der Waals surface area (Å²) in [7, 11) is 0. The van der Waals surface area contributed by atoms with E-state index in [0.29, 0.717) is 33.9 Å². The van der Waals surface area contributed by atoms with E-state index < -0.39 is 0 Å². The van der Waals surface area contributed by atoms with E-state index in [0.717, 1.165) is 74.3 Å². The van der Waals surface area contributed by atoms with Crippen molar-refractivity contribution < 1.29 is 0 Å². The Labute approximate surface area is 420 Å². The number of rotatable bonds is 8. The Morgan fingerprint density at radius 3 is 1.34 bits per heavy atom. The lowest BCUT2D eigenvalue weighted by Gasteiger charge is -2.57. The SMILES string of the molecule is N#Cc1ccc2sc3ccc(-c4cccc(-c5nc(-c6cccc(-c7ccc(C89CC%10CC(CC(C%10)C8)C9)cc7)c6)nc(-c6ccccc6-c6ccc(C78CC9CC(CC(C9)C7)C8)cc6)n5)c4)cc3c2c1. The van der Waals surface area contributed by atoms with Crippen molar-refractivity contribution in [1.82, 2.24) is 15.0 Å². The van der Waals surface area contributed by atoms with Crippen molar-refractivity contribution in [2.45, 2.75) is 87.9 Å². The molecule has 8 fully saturated rings. The summed E-state index contributed by atoms with van der Waals surface area (Å²) in [4.78, 5) is 16.1. The third-order valence-electron chi connectivity index (χ3n) is 18.7. The lowest BCUT2D eigenvalue weighted by Crippen LogP contribution is -2.48. The summed E-state index contributed by atoms with van der Waals surface area (Å²) in [6.45, 7) is 0. The molecule has 0 N–H and O–H groups in total. The topological polar surface area (TPSA) is 62.5 Å². The number of nitriles is 1. The highest BCUT2D eigenvalue weighted by Crippen LogP contribution is 2.62. The molecule has 0 amide bonds. The van der Waals surface area contributed by atoms with Crippen LogP contribution in [-0.4, -0.2) is 15.0 Å². The van der Waals surface area contributed by atoms with Gasteiger partial charge in [0.2, 0.25) is 0 Å². The van der Waals surface area contributed by atoms with Crippen molar-refractivity contribution in [2.24, 2.45) is 35.5 Å². The largest absolute Gasteiger partial charge is 0.208 e. The molecule has 71 heavy (non-hydrogen) atoms. The van der Waals surface area contributed by atoms with Gasteiger partial charge >= 0.3 is 0 Å². The van der Waals surface area contributed by atoms with E-state index in [4.69, 9.17) is 15.0 Å². The van der Waals surface area contributed by atoms with Crippen LogP contribution < -0.4 is 0 Å². The van der Waals surface area contributed by atoms with Gasteiger partial charge in [-0.25, -0.2) is 15.0 Å². The van der Waals surface area contributed by atoms with E-state index in [2.05, 4.69) is 152 Å². The molecule has 0 saturated heterocycles. The number of fused-ring (bicyclic) bond motifs is 3. The zero-order valence-electron chi connectivity index (χ0n) is 40.2. The number of aromatic nitrogens is 3. The molecule has 346 valence electrons. The molecule has 8 bridgehead atoms. The van der Waals surface area contributed by atoms with E-state index in [1.165, 1.54) is 109 Å². The average Bonchev–Trinajstić information content (AvgIpc) is 3.77. The van der Waals surface area contributed by atoms with Gasteiger partial charge in [-0.2, -0.15) is 5.26 Å². The van der Waals surface area contributed by atoms with Gasteiger partial charge < -0.3 is 0 Å². The third kappa shape index (κ3) is 7.15. The van der Waals surface area contributed by atoms with Crippen LogP contribution in [0.5, 0.6) is 0 Å². The van der Waals surface area contributed by atoms with Gasteiger partial charge in [-0.15, -0.1) is 11.3 Å². The quantitative estimate of drug-likeness (QED) is 0.152. The highest BCUT2D eigenvalue weighted by Gasteiger charge is 2.52. The molecule has 7 aromatic carbocycles. The maximum atomic E-state index is 9.71. The Kier molecular flexibility index (Phi) is 9.54. The standard InChI is InChI=1S/C66H56N4S/c67-39-40-11-21-60-58(29-40)59-32-51(16-22-61(59)71-60)50-6-4-8-53(31-50)63-68-62(52-7-3-5-49(30-52)47-12-17-54(18-13-47)65-33-41-23-42(34-65)25-43(24-41)35-65)69-64(70-63)57-10-2-1-9-56(57)48-14-19-55(20-15-48)66-36-44-26-45(37-66)28-46(27-44)38-66/h1-22,29-32,41-46H,23-28,33-38H2. The van der Waals surface area contributed by atoms with E-state index >= 15 is 0 Å². The lowest BCUT2D eigenvalue weighted by atomic mass is 9.48. The van der Waals surface area contributed by atoms with Crippen LogP contribution in [0.25, 0.3) is 87.7 Å². The Balaban J connectivity index is 0.817. The van der Waals surface area contributed by atoms with Crippen molar-refractivity contribution in [3.8, 4) is 73.6 Å². The van der Waals surface area contributed by atoms with Crippen molar-refractivity contribution >= 4 is 31.5 Å². The smallest absolute Gasteiger partial charge is 0.164 e. The first-order valence-electron chi connectivity index (χ1n) is 26.5. The minimum Gasteiger partial charge on any atom is -0.208 e. The van der Waals surface area contributed by atoms with Crippen molar-refractivity contribution in [2.75, 3.05) is 0 Å². The zero-order valence-corrected chi connectivity index (χ0v) is 41.0. The monoisotopic (exact) mass is 936 g/mol. The summed E-state index contributed by atoms with van der Waals surface area (Å²) in [6, 6.07) is 60.4. The van der Waals surface area contributed by atoms with E-state index in [1.807, 2.05) is 12.1 Å². The predicted octanol–water partition coefficient (Wildman–Crippen LogP) is 17.0. The maximum Gasteiger partial charge on any atom is 0.164 e. The van der Waals surface area contributed by atoms with Crippen LogP contribution in [-0.2, 0) is 10.8 Å². The fourth-order valence-corrected chi connectivity index (χ4v) is 17.4. The molecule has 8 saturated carbocycles. The molecule has 0 spiro atoms. The second-order valence-electron chi connectivity index (χ2n) is 23.2. The number of hydrogen-bond acceptors (Lipinski definition) is 5. The highest BCUT2D eigenvalue weighted by molar-refractivity contribution is 7.25. The number of thiophene rings is 1. The first-order valence-corrected chi connectivity index (χ1v) is 27.3. The van der Waals surface area contributed by atoms with Crippen molar-refractivity contribution in [3.63, 3.8) is 0 Å². The highest BCUT2D eigenvalue weighted by atomic mass is 32.1. The second-order valence-corrected chi connectivity index (χ2v) is 24.3. The molecule has 2 aromatic heterocycles. The molecule has 0 radical (unpaired) electrons. The van der Waals surface area contributed by atoms with Gasteiger partial charge in [-0.3, -0.25) is 0 Å². The number of hydrogen-bond donors (Lipinski definition) is 0. The molecule has 4 nitrogen and oxygen atoms in total. The Morgan fingerprint density at radius 1 is 0.380 bits per heavy atom. The van der Waals surface area contributed by atoms with Crippen molar-refractivity contribution in [1.29, 1.82) is 5.26 Å². The molecular weight excluding hydrogens is 881 g/mol. The molecule has 8 aliphatic rings. The van der Waals surface area contributed by atoms with E-state index in [-0.39, 0.29) is 0 Å². The zero-order chi connectivity index (χ0) is 46.8. The number of nitrogens with zero attached hydrogens (tertiary/aromatic N) is 4. The van der Waals surface area contributed by atoms with Gasteiger partial charge in [0, 0.05) is 36.9 Å². The predicted molar refractivity (Wildman–Crippen MR) is 290 cm³/mol. The van der Waals surface area contributed by atoms with E-state index in [1.54, 1.807) is 22.5 Å². The summed E-state index contributed by atoms with van der Waals surface area (Å²) in [5, 5.41) is 12.0.